The third kappa shape index (κ3) is 4.66. The minimum atomic E-state index is -0.352. The van der Waals surface area contributed by atoms with Crippen LogP contribution < -0.4 is 10.5 Å². The third-order valence-electron chi connectivity index (χ3n) is 7.97. The summed E-state index contributed by atoms with van der Waals surface area (Å²) in [6.07, 6.45) is 0.867. The maximum Gasteiger partial charge on any atom is 0.253 e. The van der Waals surface area contributed by atoms with Crippen LogP contribution in [0.3, 0.4) is 0 Å². The first-order valence-electron chi connectivity index (χ1n) is 13.2. The lowest BCUT2D eigenvalue weighted by atomic mass is 9.98. The van der Waals surface area contributed by atoms with Gasteiger partial charge in [-0.3, -0.25) is 9.69 Å². The van der Waals surface area contributed by atoms with Gasteiger partial charge >= 0.3 is 0 Å². The van der Waals surface area contributed by atoms with Crippen LogP contribution in [0.1, 0.15) is 61.3 Å². The number of tetrazole rings is 1. The van der Waals surface area contributed by atoms with Gasteiger partial charge in [-0.1, -0.05) is 37.3 Å². The van der Waals surface area contributed by atoms with Gasteiger partial charge in [0.05, 0.1) is 11.1 Å². The molecule has 2 aromatic carbocycles. The van der Waals surface area contributed by atoms with Gasteiger partial charge in [-0.05, 0) is 85.7 Å². The van der Waals surface area contributed by atoms with Gasteiger partial charge in [0.15, 0.2) is 5.82 Å². The summed E-state index contributed by atoms with van der Waals surface area (Å²) in [7, 11) is 0. The zero-order valence-electron chi connectivity index (χ0n) is 22.7. The van der Waals surface area contributed by atoms with E-state index in [0.29, 0.717) is 11.4 Å². The van der Waals surface area contributed by atoms with Gasteiger partial charge in [-0.15, -0.1) is 5.10 Å². The van der Waals surface area contributed by atoms with Crippen LogP contribution in [0.2, 0.25) is 0 Å². The van der Waals surface area contributed by atoms with Crippen molar-refractivity contribution in [3.05, 3.63) is 80.9 Å². The van der Waals surface area contributed by atoms with E-state index in [9.17, 15) is 4.79 Å². The Morgan fingerprint density at radius 3 is 2.49 bits per heavy atom. The van der Waals surface area contributed by atoms with E-state index in [1.54, 1.807) is 0 Å². The summed E-state index contributed by atoms with van der Waals surface area (Å²) < 4.78 is 1.91. The van der Waals surface area contributed by atoms with Crippen LogP contribution in [0.25, 0.3) is 10.9 Å². The lowest BCUT2D eigenvalue weighted by Crippen LogP contribution is -2.49. The smallest absolute Gasteiger partial charge is 0.253 e. The first-order chi connectivity index (χ1) is 17.7. The molecule has 8 heteroatoms. The van der Waals surface area contributed by atoms with Gasteiger partial charge in [0.25, 0.3) is 5.56 Å². The van der Waals surface area contributed by atoms with E-state index in [1.165, 1.54) is 16.8 Å². The summed E-state index contributed by atoms with van der Waals surface area (Å²) in [4.78, 5) is 21.6. The van der Waals surface area contributed by atoms with Crippen molar-refractivity contribution >= 4 is 16.6 Å². The highest BCUT2D eigenvalue weighted by Crippen LogP contribution is 2.32. The Morgan fingerprint density at radius 1 is 1.00 bits per heavy atom. The van der Waals surface area contributed by atoms with E-state index in [2.05, 4.69) is 89.2 Å². The highest BCUT2D eigenvalue weighted by atomic mass is 16.1. The van der Waals surface area contributed by atoms with Gasteiger partial charge < -0.3 is 9.88 Å². The van der Waals surface area contributed by atoms with E-state index in [-0.39, 0.29) is 17.1 Å². The number of aryl methyl sites for hydroxylation is 3. The van der Waals surface area contributed by atoms with Gasteiger partial charge in [-0.2, -0.15) is 0 Å². The molecule has 1 fully saturated rings. The summed E-state index contributed by atoms with van der Waals surface area (Å²) in [5.74, 6) is 0.713. The fraction of sp³-hybridized carbons (Fsp3) is 0.448. The Kier molecular flexibility index (Phi) is 6.62. The van der Waals surface area contributed by atoms with Gasteiger partial charge in [0.2, 0.25) is 0 Å². The maximum atomic E-state index is 13.6. The first kappa shape index (κ1) is 25.1. The molecule has 0 amide bonds. The van der Waals surface area contributed by atoms with Gasteiger partial charge in [0.1, 0.15) is 6.04 Å². The van der Waals surface area contributed by atoms with Crippen molar-refractivity contribution < 1.29 is 0 Å². The number of hydrogen-bond acceptors (Lipinski definition) is 6. The molecule has 5 rings (SSSR count). The van der Waals surface area contributed by atoms with Crippen LogP contribution in [0, 0.1) is 20.8 Å². The molecule has 1 aliphatic heterocycles. The largest absolute Gasteiger partial charge is 0.369 e. The van der Waals surface area contributed by atoms with Gasteiger partial charge in [-0.25, -0.2) is 4.68 Å². The average Bonchev–Trinajstić information content (AvgIpc) is 3.38. The van der Waals surface area contributed by atoms with Crippen molar-refractivity contribution in [2.75, 3.05) is 31.1 Å². The Morgan fingerprint density at radius 2 is 1.76 bits per heavy atom. The molecule has 3 heterocycles. The Bertz CT molecular complexity index is 1480. The molecule has 0 bridgehead atoms. The second-order valence-electron chi connectivity index (χ2n) is 10.9. The molecule has 1 saturated heterocycles. The molecule has 4 aromatic rings. The Hall–Kier alpha value is -3.52. The fourth-order valence-electron chi connectivity index (χ4n) is 5.33. The maximum absolute atomic E-state index is 13.6. The predicted octanol–water partition coefficient (Wildman–Crippen LogP) is 4.50. The Balaban J connectivity index is 1.57. The number of piperazine rings is 1. The molecule has 1 N–H and O–H groups in total. The number of aromatic amines is 1. The van der Waals surface area contributed by atoms with Crippen molar-refractivity contribution in [2.45, 2.75) is 59.5 Å². The number of nitrogens with zero attached hydrogens (tertiary/aromatic N) is 6. The molecular weight excluding hydrogens is 462 g/mol. The van der Waals surface area contributed by atoms with Crippen molar-refractivity contribution in [3.63, 3.8) is 0 Å². The topological polar surface area (TPSA) is 82.9 Å². The molecular formula is C29H37N7O. The number of nitrogens with one attached hydrogen (secondary N) is 1. The van der Waals surface area contributed by atoms with E-state index in [4.69, 9.17) is 0 Å². The molecule has 0 spiro atoms. The molecule has 1 aliphatic rings. The van der Waals surface area contributed by atoms with Crippen LogP contribution in [-0.4, -0.2) is 56.3 Å². The highest BCUT2D eigenvalue weighted by Gasteiger charge is 2.36. The standard InChI is InChI=1S/C29H37N7O/c1-7-29(5,6)36-27(31-32-33-36)26(23-18-22-10-8-9-21(4)25(22)30-28(23)37)35-15-13-34(14-16-35)24-17-19(2)11-12-20(24)3/h8-12,17-18,26H,7,13-16H2,1-6H3,(H,30,37)/t26-/m1/s1. The minimum absolute atomic E-state index is 0.0902. The quantitative estimate of drug-likeness (QED) is 0.421. The molecule has 37 heavy (non-hydrogen) atoms. The van der Waals surface area contributed by atoms with Crippen molar-refractivity contribution in [3.8, 4) is 0 Å². The molecule has 0 saturated carbocycles. The number of fused-ring (bicyclic) bond motifs is 1. The van der Waals surface area contributed by atoms with Gasteiger partial charge in [0, 0.05) is 37.4 Å². The van der Waals surface area contributed by atoms with E-state index < -0.39 is 0 Å². The number of H-pyrrole nitrogens is 1. The number of rotatable bonds is 6. The van der Waals surface area contributed by atoms with Crippen molar-refractivity contribution in [2.24, 2.45) is 0 Å². The molecule has 1 atom stereocenters. The minimum Gasteiger partial charge on any atom is -0.369 e. The van der Waals surface area contributed by atoms with Crippen LogP contribution in [0.4, 0.5) is 5.69 Å². The lowest BCUT2D eigenvalue weighted by Gasteiger charge is -2.40. The van der Waals surface area contributed by atoms with E-state index in [1.807, 2.05) is 29.8 Å². The Labute approximate surface area is 218 Å². The number of benzene rings is 2. The average molecular weight is 500 g/mol. The lowest BCUT2D eigenvalue weighted by molar-refractivity contribution is 0.186. The number of aromatic nitrogens is 5. The molecule has 0 aliphatic carbocycles. The molecule has 194 valence electrons. The SMILES string of the molecule is CCC(C)(C)n1nnnc1[C@@H](c1cc2cccc(C)c2[nH]c1=O)N1CCN(c2cc(C)ccc2C)CC1. The number of para-hydroxylation sites is 1. The summed E-state index contributed by atoms with van der Waals surface area (Å²) in [5, 5.41) is 14.0. The number of anilines is 1. The van der Waals surface area contributed by atoms with Crippen LogP contribution in [-0.2, 0) is 5.54 Å². The second-order valence-corrected chi connectivity index (χ2v) is 10.9. The summed E-state index contributed by atoms with van der Waals surface area (Å²) >= 11 is 0. The molecule has 2 aromatic heterocycles. The van der Waals surface area contributed by atoms with Crippen LogP contribution in [0.15, 0.2) is 47.3 Å². The number of pyridine rings is 1. The molecule has 8 nitrogen and oxygen atoms in total. The summed E-state index contributed by atoms with van der Waals surface area (Å²) in [6.45, 7) is 16.0. The fourth-order valence-corrected chi connectivity index (χ4v) is 5.33. The van der Waals surface area contributed by atoms with Crippen LogP contribution >= 0.6 is 0 Å². The third-order valence-corrected chi connectivity index (χ3v) is 7.97. The zero-order chi connectivity index (χ0) is 26.3. The first-order valence-corrected chi connectivity index (χ1v) is 13.2. The van der Waals surface area contributed by atoms with Crippen molar-refractivity contribution in [1.29, 1.82) is 0 Å². The predicted molar refractivity (Wildman–Crippen MR) is 148 cm³/mol. The van der Waals surface area contributed by atoms with E-state index >= 15 is 0 Å². The van der Waals surface area contributed by atoms with E-state index in [0.717, 1.165) is 49.1 Å². The monoisotopic (exact) mass is 499 g/mol. The molecule has 0 radical (unpaired) electrons. The van der Waals surface area contributed by atoms with Crippen molar-refractivity contribution in [1.82, 2.24) is 30.1 Å². The molecule has 0 unspecified atom stereocenters. The highest BCUT2D eigenvalue weighted by molar-refractivity contribution is 5.82. The number of hydrogen-bond donors (Lipinski definition) is 1. The summed E-state index contributed by atoms with van der Waals surface area (Å²) in [6, 6.07) is 14.4. The van der Waals surface area contributed by atoms with Crippen LogP contribution in [0.5, 0.6) is 0 Å². The zero-order valence-corrected chi connectivity index (χ0v) is 22.7. The summed E-state index contributed by atoms with van der Waals surface area (Å²) in [5.41, 5.74) is 6.07. The second kappa shape index (κ2) is 9.74. The normalized spacial score (nSPS) is 15.9.